The van der Waals surface area contributed by atoms with Crippen LogP contribution in [0.15, 0.2) is 24.3 Å². The summed E-state index contributed by atoms with van der Waals surface area (Å²) in [6, 6.07) is 5.53. The molecule has 0 fully saturated rings. The zero-order valence-electron chi connectivity index (χ0n) is 10.6. The van der Waals surface area contributed by atoms with Crippen LogP contribution in [0.2, 0.25) is 0 Å². The van der Waals surface area contributed by atoms with E-state index in [2.05, 4.69) is 10.1 Å². The molecule has 0 saturated heterocycles. The molecule has 0 aromatic heterocycles. The van der Waals surface area contributed by atoms with Crippen molar-refractivity contribution in [2.45, 2.75) is 19.2 Å². The molecule has 1 amide bonds. The molecule has 0 aliphatic heterocycles. The van der Waals surface area contributed by atoms with E-state index in [-0.39, 0.29) is 37.0 Å². The molecular formula is C12H16ClF3N2O2. The minimum atomic E-state index is -4.68. The fourth-order valence-electron chi connectivity index (χ4n) is 1.42. The predicted octanol–water partition coefficient (Wildman–Crippen LogP) is 2.01. The van der Waals surface area contributed by atoms with Crippen molar-refractivity contribution in [1.29, 1.82) is 0 Å². The number of ether oxygens (including phenoxy) is 1. The zero-order chi connectivity index (χ0) is 14.3. The van der Waals surface area contributed by atoms with Crippen molar-refractivity contribution in [3.8, 4) is 5.75 Å². The van der Waals surface area contributed by atoms with Gasteiger partial charge in [0.25, 0.3) is 0 Å². The maximum Gasteiger partial charge on any atom is 0.573 e. The first-order valence-electron chi connectivity index (χ1n) is 5.72. The number of nitrogens with one attached hydrogen (secondary N) is 1. The second kappa shape index (κ2) is 8.65. The minimum Gasteiger partial charge on any atom is -0.406 e. The predicted molar refractivity (Wildman–Crippen MR) is 70.8 cm³/mol. The molecule has 0 saturated carbocycles. The van der Waals surface area contributed by atoms with Gasteiger partial charge in [-0.25, -0.2) is 0 Å². The summed E-state index contributed by atoms with van der Waals surface area (Å²) in [6.07, 6.45) is -3.89. The summed E-state index contributed by atoms with van der Waals surface area (Å²) in [7, 11) is 0. The van der Waals surface area contributed by atoms with Gasteiger partial charge in [-0.05, 0) is 24.1 Å². The maximum atomic E-state index is 11.9. The number of carbonyl (C=O) groups excluding carboxylic acids is 1. The molecule has 0 aliphatic carbocycles. The van der Waals surface area contributed by atoms with E-state index in [0.29, 0.717) is 13.0 Å². The highest BCUT2D eigenvalue weighted by atomic mass is 35.5. The van der Waals surface area contributed by atoms with Gasteiger partial charge in [0.15, 0.2) is 0 Å². The average Bonchev–Trinajstić information content (AvgIpc) is 2.30. The molecule has 0 aliphatic rings. The zero-order valence-corrected chi connectivity index (χ0v) is 11.4. The van der Waals surface area contributed by atoms with Gasteiger partial charge < -0.3 is 15.8 Å². The molecular weight excluding hydrogens is 297 g/mol. The van der Waals surface area contributed by atoms with Crippen LogP contribution in [0, 0.1) is 0 Å². The molecule has 0 radical (unpaired) electrons. The smallest absolute Gasteiger partial charge is 0.406 e. The Hall–Kier alpha value is -1.47. The quantitative estimate of drug-likeness (QED) is 0.844. The summed E-state index contributed by atoms with van der Waals surface area (Å²) < 4.78 is 39.5. The van der Waals surface area contributed by atoms with Gasteiger partial charge in [0.1, 0.15) is 5.75 Å². The van der Waals surface area contributed by atoms with Crippen molar-refractivity contribution in [1.82, 2.24) is 5.32 Å². The number of amides is 1. The summed E-state index contributed by atoms with van der Waals surface area (Å²) in [4.78, 5) is 11.1. The Bertz CT molecular complexity index is 410. The van der Waals surface area contributed by atoms with E-state index in [9.17, 15) is 18.0 Å². The maximum absolute atomic E-state index is 11.9. The van der Waals surface area contributed by atoms with E-state index in [1.54, 1.807) is 0 Å². The monoisotopic (exact) mass is 312 g/mol. The van der Waals surface area contributed by atoms with E-state index < -0.39 is 6.36 Å². The SMILES string of the molecule is Cl.NCCC(=O)NCCc1ccc(OC(F)(F)F)cc1. The average molecular weight is 313 g/mol. The molecule has 8 heteroatoms. The largest absolute Gasteiger partial charge is 0.573 e. The van der Waals surface area contributed by atoms with Crippen LogP contribution in [-0.4, -0.2) is 25.4 Å². The molecule has 0 atom stereocenters. The number of hydrogen-bond donors (Lipinski definition) is 2. The summed E-state index contributed by atoms with van der Waals surface area (Å²) >= 11 is 0. The number of benzene rings is 1. The van der Waals surface area contributed by atoms with Crippen molar-refractivity contribution < 1.29 is 22.7 Å². The molecule has 0 unspecified atom stereocenters. The first kappa shape index (κ1) is 18.5. The molecule has 0 spiro atoms. The van der Waals surface area contributed by atoms with Crippen LogP contribution in [0.1, 0.15) is 12.0 Å². The molecule has 4 nitrogen and oxygen atoms in total. The topological polar surface area (TPSA) is 64.4 Å². The molecule has 1 aromatic carbocycles. The van der Waals surface area contributed by atoms with Gasteiger partial charge in [-0.2, -0.15) is 0 Å². The standard InChI is InChI=1S/C12H15F3N2O2.ClH/c13-12(14,15)19-10-3-1-9(2-4-10)6-8-17-11(18)5-7-16;/h1-4H,5-8,16H2,(H,17,18);1H. The second-order valence-corrected chi connectivity index (χ2v) is 3.83. The van der Waals surface area contributed by atoms with Crippen molar-refractivity contribution >= 4 is 18.3 Å². The fourth-order valence-corrected chi connectivity index (χ4v) is 1.42. The van der Waals surface area contributed by atoms with Gasteiger partial charge in [0, 0.05) is 19.5 Å². The Labute approximate surface area is 120 Å². The molecule has 20 heavy (non-hydrogen) atoms. The molecule has 1 rings (SSSR count). The third kappa shape index (κ3) is 7.85. The summed E-state index contributed by atoms with van der Waals surface area (Å²) in [5.41, 5.74) is 6.02. The van der Waals surface area contributed by atoms with Gasteiger partial charge >= 0.3 is 6.36 Å². The number of nitrogens with two attached hydrogens (primary N) is 1. The number of rotatable bonds is 6. The van der Waals surface area contributed by atoms with Crippen LogP contribution in [0.5, 0.6) is 5.75 Å². The normalized spacial score (nSPS) is 10.6. The molecule has 114 valence electrons. The first-order chi connectivity index (χ1) is 8.90. The van der Waals surface area contributed by atoms with Crippen molar-refractivity contribution in [2.24, 2.45) is 5.73 Å². The summed E-state index contributed by atoms with van der Waals surface area (Å²) in [5.74, 6) is -0.400. The Balaban J connectivity index is 0.00000361. The van der Waals surface area contributed by atoms with Crippen LogP contribution >= 0.6 is 12.4 Å². The Morgan fingerprint density at radius 1 is 1.25 bits per heavy atom. The highest BCUT2D eigenvalue weighted by molar-refractivity contribution is 5.85. The lowest BCUT2D eigenvalue weighted by Crippen LogP contribution is -2.27. The minimum absolute atomic E-state index is 0. The van der Waals surface area contributed by atoms with E-state index in [1.807, 2.05) is 0 Å². The van der Waals surface area contributed by atoms with Crippen molar-refractivity contribution in [3.63, 3.8) is 0 Å². The van der Waals surface area contributed by atoms with Crippen molar-refractivity contribution in [3.05, 3.63) is 29.8 Å². The lowest BCUT2D eigenvalue weighted by atomic mass is 10.1. The third-order valence-corrected chi connectivity index (χ3v) is 2.26. The van der Waals surface area contributed by atoms with Gasteiger partial charge in [-0.1, -0.05) is 12.1 Å². The van der Waals surface area contributed by atoms with E-state index in [4.69, 9.17) is 5.73 Å². The lowest BCUT2D eigenvalue weighted by Gasteiger charge is -2.09. The first-order valence-corrected chi connectivity index (χ1v) is 5.72. The fraction of sp³-hybridized carbons (Fsp3) is 0.417. The molecule has 1 aromatic rings. The van der Waals surface area contributed by atoms with E-state index in [1.165, 1.54) is 24.3 Å². The van der Waals surface area contributed by atoms with Gasteiger partial charge in [0.2, 0.25) is 5.91 Å². The lowest BCUT2D eigenvalue weighted by molar-refractivity contribution is -0.274. The Morgan fingerprint density at radius 3 is 2.35 bits per heavy atom. The molecule has 3 N–H and O–H groups in total. The van der Waals surface area contributed by atoms with Crippen molar-refractivity contribution in [2.75, 3.05) is 13.1 Å². The van der Waals surface area contributed by atoms with Crippen LogP contribution in [0.4, 0.5) is 13.2 Å². The number of alkyl halides is 3. The summed E-state index contributed by atoms with van der Waals surface area (Å²) in [5, 5.41) is 2.65. The Morgan fingerprint density at radius 2 is 1.85 bits per heavy atom. The second-order valence-electron chi connectivity index (χ2n) is 3.83. The number of carbonyl (C=O) groups is 1. The highest BCUT2D eigenvalue weighted by Crippen LogP contribution is 2.22. The Kier molecular flexibility index (Phi) is 8.02. The number of halogens is 4. The van der Waals surface area contributed by atoms with E-state index >= 15 is 0 Å². The number of hydrogen-bond acceptors (Lipinski definition) is 3. The highest BCUT2D eigenvalue weighted by Gasteiger charge is 2.30. The van der Waals surface area contributed by atoms with Crippen LogP contribution < -0.4 is 15.8 Å². The van der Waals surface area contributed by atoms with Crippen LogP contribution in [0.25, 0.3) is 0 Å². The van der Waals surface area contributed by atoms with Gasteiger partial charge in [0.05, 0.1) is 0 Å². The van der Waals surface area contributed by atoms with E-state index in [0.717, 1.165) is 5.56 Å². The van der Waals surface area contributed by atoms with Crippen LogP contribution in [0.3, 0.4) is 0 Å². The summed E-state index contributed by atoms with van der Waals surface area (Å²) in [6.45, 7) is 0.702. The molecule has 0 heterocycles. The van der Waals surface area contributed by atoms with Gasteiger partial charge in [-0.3, -0.25) is 4.79 Å². The van der Waals surface area contributed by atoms with Gasteiger partial charge in [-0.15, -0.1) is 25.6 Å². The molecule has 0 bridgehead atoms. The van der Waals surface area contributed by atoms with Crippen LogP contribution in [-0.2, 0) is 11.2 Å². The third-order valence-electron chi connectivity index (χ3n) is 2.26.